The quantitative estimate of drug-likeness (QED) is 0.808. The van der Waals surface area contributed by atoms with Gasteiger partial charge in [0.1, 0.15) is 5.75 Å². The lowest BCUT2D eigenvalue weighted by molar-refractivity contribution is -0.138. The molecule has 2 rings (SSSR count). The second-order valence-electron chi connectivity index (χ2n) is 4.96. The number of anilines is 1. The maximum Gasteiger partial charge on any atom is 0.303 e. The summed E-state index contributed by atoms with van der Waals surface area (Å²) in [5.41, 5.74) is 6.66. The normalized spacial score (nSPS) is 18.1. The highest BCUT2D eigenvalue weighted by Crippen LogP contribution is 2.25. The molecule has 1 atom stereocenters. The molecule has 1 amide bonds. The topological polar surface area (TPSA) is 92.9 Å². The Balaban J connectivity index is 2.07. The fraction of sp³-hybridized carbons (Fsp3) is 0.429. The van der Waals surface area contributed by atoms with Crippen LogP contribution in [-0.4, -0.2) is 42.1 Å². The van der Waals surface area contributed by atoms with Crippen LogP contribution in [0.15, 0.2) is 18.2 Å². The average Bonchev–Trinajstić information content (AvgIpc) is 2.85. The van der Waals surface area contributed by atoms with Crippen LogP contribution in [0.4, 0.5) is 5.69 Å². The number of rotatable bonds is 4. The molecule has 1 aromatic carbocycles. The van der Waals surface area contributed by atoms with Gasteiger partial charge in [0.15, 0.2) is 0 Å². The van der Waals surface area contributed by atoms with E-state index in [0.29, 0.717) is 36.5 Å². The molecule has 1 aromatic rings. The monoisotopic (exact) mass is 278 g/mol. The zero-order valence-corrected chi connectivity index (χ0v) is 11.3. The third-order valence-corrected chi connectivity index (χ3v) is 3.53. The SMILES string of the molecule is COc1ccc(C(=O)N2CCC(CC(=O)O)C2)c(N)c1. The van der Waals surface area contributed by atoms with Crippen LogP contribution in [0, 0.1) is 5.92 Å². The Morgan fingerprint density at radius 1 is 1.50 bits per heavy atom. The Kier molecular flexibility index (Phi) is 4.12. The van der Waals surface area contributed by atoms with Gasteiger partial charge in [-0.3, -0.25) is 9.59 Å². The summed E-state index contributed by atoms with van der Waals surface area (Å²) >= 11 is 0. The van der Waals surface area contributed by atoms with Crippen molar-refractivity contribution in [3.05, 3.63) is 23.8 Å². The molecule has 0 bridgehead atoms. The first kappa shape index (κ1) is 14.2. The number of hydrogen-bond acceptors (Lipinski definition) is 4. The minimum absolute atomic E-state index is 0.0240. The molecule has 0 spiro atoms. The van der Waals surface area contributed by atoms with Gasteiger partial charge in [0.25, 0.3) is 5.91 Å². The average molecular weight is 278 g/mol. The number of carbonyl (C=O) groups excluding carboxylic acids is 1. The highest BCUT2D eigenvalue weighted by atomic mass is 16.5. The van der Waals surface area contributed by atoms with Crippen molar-refractivity contribution in [1.29, 1.82) is 0 Å². The first-order valence-corrected chi connectivity index (χ1v) is 6.46. The Morgan fingerprint density at radius 3 is 2.85 bits per heavy atom. The molecule has 3 N–H and O–H groups in total. The van der Waals surface area contributed by atoms with Crippen LogP contribution >= 0.6 is 0 Å². The van der Waals surface area contributed by atoms with E-state index in [1.165, 1.54) is 7.11 Å². The Hall–Kier alpha value is -2.24. The molecular formula is C14H18N2O4. The molecule has 6 nitrogen and oxygen atoms in total. The van der Waals surface area contributed by atoms with Gasteiger partial charge >= 0.3 is 5.97 Å². The summed E-state index contributed by atoms with van der Waals surface area (Å²) in [6, 6.07) is 4.94. The van der Waals surface area contributed by atoms with Crippen molar-refractivity contribution in [2.24, 2.45) is 5.92 Å². The number of nitrogen functional groups attached to an aromatic ring is 1. The van der Waals surface area contributed by atoms with Crippen LogP contribution in [0.3, 0.4) is 0 Å². The fourth-order valence-corrected chi connectivity index (χ4v) is 2.46. The number of benzene rings is 1. The van der Waals surface area contributed by atoms with Crippen molar-refractivity contribution >= 4 is 17.6 Å². The number of likely N-dealkylation sites (tertiary alicyclic amines) is 1. The molecule has 1 unspecified atom stereocenters. The highest BCUT2D eigenvalue weighted by Gasteiger charge is 2.29. The summed E-state index contributed by atoms with van der Waals surface area (Å²) < 4.78 is 5.05. The number of hydrogen-bond donors (Lipinski definition) is 2. The van der Waals surface area contributed by atoms with E-state index >= 15 is 0 Å². The van der Waals surface area contributed by atoms with Crippen LogP contribution < -0.4 is 10.5 Å². The van der Waals surface area contributed by atoms with E-state index in [0.717, 1.165) is 0 Å². The van der Waals surface area contributed by atoms with Gasteiger partial charge in [0.2, 0.25) is 0 Å². The molecule has 20 heavy (non-hydrogen) atoms. The van der Waals surface area contributed by atoms with E-state index in [1.807, 2.05) is 0 Å². The molecule has 0 aliphatic carbocycles. The molecule has 1 heterocycles. The number of ether oxygens (including phenoxy) is 1. The number of nitrogens with zero attached hydrogens (tertiary/aromatic N) is 1. The van der Waals surface area contributed by atoms with E-state index in [4.69, 9.17) is 15.6 Å². The Bertz CT molecular complexity index is 530. The smallest absolute Gasteiger partial charge is 0.303 e. The van der Waals surface area contributed by atoms with E-state index in [9.17, 15) is 9.59 Å². The summed E-state index contributed by atoms with van der Waals surface area (Å²) in [5, 5.41) is 8.78. The molecule has 1 saturated heterocycles. The van der Waals surface area contributed by atoms with Crippen molar-refractivity contribution in [2.45, 2.75) is 12.8 Å². The predicted molar refractivity (Wildman–Crippen MR) is 73.7 cm³/mol. The Labute approximate surface area is 117 Å². The van der Waals surface area contributed by atoms with Crippen molar-refractivity contribution in [1.82, 2.24) is 4.90 Å². The molecule has 0 aromatic heterocycles. The zero-order chi connectivity index (χ0) is 14.7. The van der Waals surface area contributed by atoms with Gasteiger partial charge in [-0.1, -0.05) is 0 Å². The molecule has 1 fully saturated rings. The fourth-order valence-electron chi connectivity index (χ4n) is 2.46. The molecule has 1 aliphatic heterocycles. The number of nitrogens with two attached hydrogens (primary N) is 1. The molecule has 0 saturated carbocycles. The zero-order valence-electron chi connectivity index (χ0n) is 11.3. The van der Waals surface area contributed by atoms with Gasteiger partial charge in [-0.25, -0.2) is 0 Å². The number of carbonyl (C=O) groups is 2. The van der Waals surface area contributed by atoms with Gasteiger partial charge in [-0.05, 0) is 24.5 Å². The minimum Gasteiger partial charge on any atom is -0.497 e. The lowest BCUT2D eigenvalue weighted by Crippen LogP contribution is -2.29. The van der Waals surface area contributed by atoms with Crippen LogP contribution in [0.2, 0.25) is 0 Å². The predicted octanol–water partition coefficient (Wildman–Crippen LogP) is 1.21. The maximum atomic E-state index is 12.4. The summed E-state index contributed by atoms with van der Waals surface area (Å²) in [6.45, 7) is 1.04. The van der Waals surface area contributed by atoms with Crippen LogP contribution in [-0.2, 0) is 4.79 Å². The van der Waals surface area contributed by atoms with E-state index < -0.39 is 5.97 Å². The first-order chi connectivity index (χ1) is 9.51. The standard InChI is InChI=1S/C14H18N2O4/c1-20-10-2-3-11(12(15)7-10)14(19)16-5-4-9(8-16)6-13(17)18/h2-3,7,9H,4-6,8,15H2,1H3,(H,17,18). The molecule has 6 heteroatoms. The lowest BCUT2D eigenvalue weighted by Gasteiger charge is -2.17. The third-order valence-electron chi connectivity index (χ3n) is 3.53. The number of amides is 1. The van der Waals surface area contributed by atoms with Gasteiger partial charge in [0, 0.05) is 31.3 Å². The summed E-state index contributed by atoms with van der Waals surface area (Å²) in [5.74, 6) is -0.355. The minimum atomic E-state index is -0.826. The third kappa shape index (κ3) is 3.01. The highest BCUT2D eigenvalue weighted by molar-refractivity contribution is 5.99. The Morgan fingerprint density at radius 2 is 2.25 bits per heavy atom. The van der Waals surface area contributed by atoms with E-state index in [-0.39, 0.29) is 18.2 Å². The van der Waals surface area contributed by atoms with Gasteiger partial charge in [-0.15, -0.1) is 0 Å². The van der Waals surface area contributed by atoms with Crippen molar-refractivity contribution in [3.63, 3.8) is 0 Å². The van der Waals surface area contributed by atoms with Crippen LogP contribution in [0.1, 0.15) is 23.2 Å². The van der Waals surface area contributed by atoms with Crippen LogP contribution in [0.5, 0.6) is 5.75 Å². The summed E-state index contributed by atoms with van der Waals surface area (Å²) in [7, 11) is 1.53. The maximum absolute atomic E-state index is 12.4. The van der Waals surface area contributed by atoms with E-state index in [1.54, 1.807) is 23.1 Å². The number of aliphatic carboxylic acids is 1. The van der Waals surface area contributed by atoms with Gasteiger partial charge in [-0.2, -0.15) is 0 Å². The number of carboxylic acids is 1. The summed E-state index contributed by atoms with van der Waals surface area (Å²) in [4.78, 5) is 24.7. The molecular weight excluding hydrogens is 260 g/mol. The first-order valence-electron chi connectivity index (χ1n) is 6.46. The van der Waals surface area contributed by atoms with Gasteiger partial charge < -0.3 is 20.5 Å². The lowest BCUT2D eigenvalue weighted by atomic mass is 10.1. The number of carboxylic acid groups (broad SMARTS) is 1. The largest absolute Gasteiger partial charge is 0.497 e. The van der Waals surface area contributed by atoms with Gasteiger partial charge in [0.05, 0.1) is 12.7 Å². The number of methoxy groups -OCH3 is 1. The molecule has 108 valence electrons. The summed E-state index contributed by atoms with van der Waals surface area (Å²) in [6.07, 6.45) is 0.815. The van der Waals surface area contributed by atoms with Crippen molar-refractivity contribution < 1.29 is 19.4 Å². The van der Waals surface area contributed by atoms with E-state index in [2.05, 4.69) is 0 Å². The second-order valence-corrected chi connectivity index (χ2v) is 4.96. The second kappa shape index (κ2) is 5.81. The molecule has 1 aliphatic rings. The van der Waals surface area contributed by atoms with Crippen molar-refractivity contribution in [3.8, 4) is 5.75 Å². The van der Waals surface area contributed by atoms with Crippen molar-refractivity contribution in [2.75, 3.05) is 25.9 Å². The van der Waals surface area contributed by atoms with Crippen LogP contribution in [0.25, 0.3) is 0 Å². The molecule has 0 radical (unpaired) electrons.